The standard InChI is InChI=1S/C19H20O/c1-16(2)14-15-20-19-11-7-6-10-18(19)13-12-17-8-4-3-5-9-17/h3-16H,1-2H3. The highest BCUT2D eigenvalue weighted by atomic mass is 16.5. The number of ether oxygens (including phenoxy) is 1. The molecule has 2 aromatic carbocycles. The lowest BCUT2D eigenvalue weighted by atomic mass is 10.1. The van der Waals surface area contributed by atoms with Gasteiger partial charge in [-0.3, -0.25) is 0 Å². The van der Waals surface area contributed by atoms with Gasteiger partial charge in [-0.1, -0.05) is 74.5 Å². The summed E-state index contributed by atoms with van der Waals surface area (Å²) in [5.41, 5.74) is 2.25. The van der Waals surface area contributed by atoms with Crippen LogP contribution in [0.3, 0.4) is 0 Å². The Balaban J connectivity index is 2.14. The maximum absolute atomic E-state index is 5.70. The predicted octanol–water partition coefficient (Wildman–Crippen LogP) is 5.41. The molecule has 0 aliphatic heterocycles. The third-order valence-corrected chi connectivity index (χ3v) is 2.83. The quantitative estimate of drug-likeness (QED) is 0.518. The van der Waals surface area contributed by atoms with Gasteiger partial charge in [0.2, 0.25) is 0 Å². The van der Waals surface area contributed by atoms with Crippen molar-refractivity contribution in [3.05, 3.63) is 78.1 Å². The Morgan fingerprint density at radius 1 is 0.850 bits per heavy atom. The summed E-state index contributed by atoms with van der Waals surface area (Å²) in [6.07, 6.45) is 7.97. The maximum atomic E-state index is 5.70. The molecule has 0 unspecified atom stereocenters. The van der Waals surface area contributed by atoms with Crippen LogP contribution < -0.4 is 4.74 Å². The van der Waals surface area contributed by atoms with Gasteiger partial charge in [0.25, 0.3) is 0 Å². The first-order valence-corrected chi connectivity index (χ1v) is 6.91. The number of rotatable bonds is 5. The second-order valence-electron chi connectivity index (χ2n) is 4.97. The molecule has 0 saturated carbocycles. The summed E-state index contributed by atoms with van der Waals surface area (Å²) in [5.74, 6) is 1.36. The lowest BCUT2D eigenvalue weighted by Crippen LogP contribution is -1.87. The summed E-state index contributed by atoms with van der Waals surface area (Å²) in [7, 11) is 0. The number of hydrogen-bond acceptors (Lipinski definition) is 1. The molecule has 20 heavy (non-hydrogen) atoms. The van der Waals surface area contributed by atoms with Gasteiger partial charge in [0.1, 0.15) is 5.75 Å². The van der Waals surface area contributed by atoms with Crippen molar-refractivity contribution < 1.29 is 4.74 Å². The van der Waals surface area contributed by atoms with Crippen LogP contribution in [0.15, 0.2) is 66.9 Å². The molecule has 0 atom stereocenters. The highest BCUT2D eigenvalue weighted by molar-refractivity contribution is 5.72. The fraction of sp³-hybridized carbons (Fsp3) is 0.158. The first kappa shape index (κ1) is 14.1. The first-order chi connectivity index (χ1) is 9.75. The largest absolute Gasteiger partial charge is 0.465 e. The van der Waals surface area contributed by atoms with Crippen molar-refractivity contribution in [1.29, 1.82) is 0 Å². The van der Waals surface area contributed by atoms with Crippen molar-refractivity contribution >= 4 is 12.2 Å². The molecule has 0 spiro atoms. The molecule has 0 radical (unpaired) electrons. The van der Waals surface area contributed by atoms with Gasteiger partial charge in [0.15, 0.2) is 0 Å². The van der Waals surface area contributed by atoms with Crippen molar-refractivity contribution in [2.75, 3.05) is 0 Å². The average molecular weight is 264 g/mol. The number of benzene rings is 2. The highest BCUT2D eigenvalue weighted by Crippen LogP contribution is 2.21. The number of hydrogen-bond donors (Lipinski definition) is 0. The van der Waals surface area contributed by atoms with Gasteiger partial charge in [-0.25, -0.2) is 0 Å². The Morgan fingerprint density at radius 3 is 2.30 bits per heavy atom. The third kappa shape index (κ3) is 4.43. The van der Waals surface area contributed by atoms with E-state index in [9.17, 15) is 0 Å². The molecule has 102 valence electrons. The van der Waals surface area contributed by atoms with Crippen molar-refractivity contribution in [2.45, 2.75) is 13.8 Å². The van der Waals surface area contributed by atoms with E-state index in [-0.39, 0.29) is 0 Å². The lowest BCUT2D eigenvalue weighted by Gasteiger charge is -2.05. The van der Waals surface area contributed by atoms with Crippen molar-refractivity contribution in [2.24, 2.45) is 5.92 Å². The maximum Gasteiger partial charge on any atom is 0.133 e. The molecular weight excluding hydrogens is 244 g/mol. The van der Waals surface area contributed by atoms with Crippen LogP contribution in [0.4, 0.5) is 0 Å². The molecule has 2 aromatic rings. The van der Waals surface area contributed by atoms with Gasteiger partial charge in [0, 0.05) is 5.56 Å². The second kappa shape index (κ2) is 7.34. The van der Waals surface area contributed by atoms with E-state index in [4.69, 9.17) is 4.74 Å². The van der Waals surface area contributed by atoms with Crippen LogP contribution in [0.25, 0.3) is 12.2 Å². The Hall–Kier alpha value is -2.28. The number of allylic oxidation sites excluding steroid dienone is 1. The van der Waals surface area contributed by atoms with Gasteiger partial charge in [0.05, 0.1) is 6.26 Å². The minimum atomic E-state index is 0.488. The van der Waals surface area contributed by atoms with E-state index in [1.54, 1.807) is 6.26 Å². The van der Waals surface area contributed by atoms with E-state index >= 15 is 0 Å². The van der Waals surface area contributed by atoms with Crippen LogP contribution in [0.2, 0.25) is 0 Å². The average Bonchev–Trinajstić information content (AvgIpc) is 2.47. The van der Waals surface area contributed by atoms with Crippen LogP contribution in [0.1, 0.15) is 25.0 Å². The minimum absolute atomic E-state index is 0.488. The predicted molar refractivity (Wildman–Crippen MR) is 86.4 cm³/mol. The molecule has 0 heterocycles. The minimum Gasteiger partial charge on any atom is -0.465 e. The van der Waals surface area contributed by atoms with E-state index in [0.717, 1.165) is 11.3 Å². The van der Waals surface area contributed by atoms with E-state index < -0.39 is 0 Å². The van der Waals surface area contributed by atoms with Crippen molar-refractivity contribution in [3.8, 4) is 5.75 Å². The van der Waals surface area contributed by atoms with Crippen LogP contribution in [0.5, 0.6) is 5.75 Å². The van der Waals surface area contributed by atoms with E-state index in [2.05, 4.69) is 44.2 Å². The molecule has 0 amide bonds. The zero-order valence-electron chi connectivity index (χ0n) is 12.0. The zero-order valence-corrected chi connectivity index (χ0v) is 12.0. The van der Waals surface area contributed by atoms with Crippen molar-refractivity contribution in [3.63, 3.8) is 0 Å². The van der Waals surface area contributed by atoms with Gasteiger partial charge < -0.3 is 4.74 Å². The van der Waals surface area contributed by atoms with E-state index in [1.165, 1.54) is 5.56 Å². The molecule has 0 N–H and O–H groups in total. The summed E-state index contributed by atoms with van der Waals surface area (Å²) in [6, 6.07) is 18.3. The normalized spacial score (nSPS) is 11.6. The summed E-state index contributed by atoms with van der Waals surface area (Å²) in [4.78, 5) is 0. The van der Waals surface area contributed by atoms with Gasteiger partial charge in [-0.2, -0.15) is 0 Å². The van der Waals surface area contributed by atoms with E-state index in [0.29, 0.717) is 5.92 Å². The Kier molecular flexibility index (Phi) is 5.19. The smallest absolute Gasteiger partial charge is 0.133 e. The first-order valence-electron chi connectivity index (χ1n) is 6.91. The molecule has 2 rings (SSSR count). The Bertz CT molecular complexity index is 580. The van der Waals surface area contributed by atoms with E-state index in [1.807, 2.05) is 42.5 Å². The zero-order chi connectivity index (χ0) is 14.2. The second-order valence-corrected chi connectivity index (χ2v) is 4.97. The molecule has 1 heteroatoms. The molecule has 0 aromatic heterocycles. The third-order valence-electron chi connectivity index (χ3n) is 2.83. The van der Waals surface area contributed by atoms with Crippen LogP contribution in [-0.4, -0.2) is 0 Å². The summed E-state index contributed by atoms with van der Waals surface area (Å²) in [6.45, 7) is 4.25. The fourth-order valence-electron chi connectivity index (χ4n) is 1.75. The fourth-order valence-corrected chi connectivity index (χ4v) is 1.75. The summed E-state index contributed by atoms with van der Waals surface area (Å²) < 4.78 is 5.70. The summed E-state index contributed by atoms with van der Waals surface area (Å²) in [5, 5.41) is 0. The van der Waals surface area contributed by atoms with Crippen LogP contribution in [-0.2, 0) is 0 Å². The Morgan fingerprint density at radius 2 is 1.55 bits per heavy atom. The molecular formula is C19H20O. The molecule has 0 bridgehead atoms. The molecule has 0 saturated heterocycles. The topological polar surface area (TPSA) is 9.23 Å². The summed E-state index contributed by atoms with van der Waals surface area (Å²) >= 11 is 0. The van der Waals surface area contributed by atoms with Crippen LogP contribution >= 0.6 is 0 Å². The van der Waals surface area contributed by atoms with Crippen LogP contribution in [0, 0.1) is 5.92 Å². The molecule has 1 nitrogen and oxygen atoms in total. The monoisotopic (exact) mass is 264 g/mol. The van der Waals surface area contributed by atoms with Gasteiger partial charge in [-0.05, 0) is 23.6 Å². The SMILES string of the molecule is CC(C)C=COc1ccccc1C=Cc1ccccc1. The Labute approximate surface area is 121 Å². The number of para-hydroxylation sites is 1. The molecule has 0 aliphatic carbocycles. The van der Waals surface area contributed by atoms with Gasteiger partial charge in [-0.15, -0.1) is 0 Å². The molecule has 0 aliphatic rings. The lowest BCUT2D eigenvalue weighted by molar-refractivity contribution is 0.474. The molecule has 0 fully saturated rings. The highest BCUT2D eigenvalue weighted by Gasteiger charge is 1.98. The van der Waals surface area contributed by atoms with Crippen molar-refractivity contribution in [1.82, 2.24) is 0 Å². The van der Waals surface area contributed by atoms with Gasteiger partial charge >= 0.3 is 0 Å².